The summed E-state index contributed by atoms with van der Waals surface area (Å²) in [5.74, 6) is 0.802. The summed E-state index contributed by atoms with van der Waals surface area (Å²) < 4.78 is 1.99. The summed E-state index contributed by atoms with van der Waals surface area (Å²) in [6.45, 7) is 12.4. The third kappa shape index (κ3) is 4.78. The highest BCUT2D eigenvalue weighted by atomic mass is 32.1. The molecule has 0 atom stereocenters. The fourth-order valence-electron chi connectivity index (χ4n) is 3.13. The highest BCUT2D eigenvalue weighted by Gasteiger charge is 2.09. The quantitative estimate of drug-likeness (QED) is 0.491. The van der Waals surface area contributed by atoms with Crippen LogP contribution in [0.3, 0.4) is 0 Å². The molecule has 0 unspecified atom stereocenters. The monoisotopic (exact) mass is 396 g/mol. The second-order valence-corrected chi connectivity index (χ2v) is 8.05. The molecule has 0 amide bonds. The number of para-hydroxylation sites is 1. The van der Waals surface area contributed by atoms with Gasteiger partial charge in [0.25, 0.3) is 0 Å². The van der Waals surface area contributed by atoms with E-state index < -0.39 is 0 Å². The first kappa shape index (κ1) is 20.1. The zero-order valence-electron chi connectivity index (χ0n) is 17.2. The number of hydrogen-bond donors (Lipinski definition) is 2. The topological polar surface area (TPSA) is 67.1 Å². The van der Waals surface area contributed by atoms with Crippen molar-refractivity contribution in [1.29, 1.82) is 0 Å². The Labute approximate surface area is 170 Å². The number of nitrogens with one attached hydrogen (secondary N) is 2. The number of rotatable bonds is 6. The predicted octanol–water partition coefficient (Wildman–Crippen LogP) is 3.82. The number of guanidine groups is 1. The molecule has 0 fully saturated rings. The van der Waals surface area contributed by atoms with Crippen LogP contribution >= 0.6 is 11.3 Å². The van der Waals surface area contributed by atoms with E-state index in [1.165, 1.54) is 4.88 Å². The Balaban J connectivity index is 1.78. The standard InChI is InChI=1S/C21H28N6S/c1-6-22-21(24-13-20-16(4)25-17(5)28-20)23-12-18-9-7-8-10-19(18)27-15(3)11-14(2)26-27/h7-11H,6,12-13H2,1-5H3,(H2,22,23,24). The molecule has 28 heavy (non-hydrogen) atoms. The molecular formula is C21H28N6S. The highest BCUT2D eigenvalue weighted by molar-refractivity contribution is 7.11. The van der Waals surface area contributed by atoms with Gasteiger partial charge in [0, 0.05) is 17.1 Å². The molecule has 0 aliphatic heterocycles. The van der Waals surface area contributed by atoms with E-state index in [1.54, 1.807) is 11.3 Å². The number of aromatic nitrogens is 3. The van der Waals surface area contributed by atoms with E-state index in [1.807, 2.05) is 30.7 Å². The lowest BCUT2D eigenvalue weighted by Crippen LogP contribution is -2.36. The van der Waals surface area contributed by atoms with Crippen molar-refractivity contribution in [3.05, 3.63) is 62.9 Å². The molecule has 7 heteroatoms. The van der Waals surface area contributed by atoms with Crippen LogP contribution in [0.1, 0.15) is 39.5 Å². The zero-order valence-corrected chi connectivity index (χ0v) is 18.0. The molecule has 2 aromatic heterocycles. The van der Waals surface area contributed by atoms with Crippen molar-refractivity contribution in [2.75, 3.05) is 6.54 Å². The highest BCUT2D eigenvalue weighted by Crippen LogP contribution is 2.18. The molecule has 2 N–H and O–H groups in total. The van der Waals surface area contributed by atoms with Gasteiger partial charge in [-0.15, -0.1) is 11.3 Å². The van der Waals surface area contributed by atoms with Gasteiger partial charge in [-0.2, -0.15) is 5.10 Å². The van der Waals surface area contributed by atoms with Crippen LogP contribution in [0.5, 0.6) is 0 Å². The third-order valence-corrected chi connectivity index (χ3v) is 5.47. The van der Waals surface area contributed by atoms with E-state index in [0.29, 0.717) is 6.54 Å². The molecule has 0 bridgehead atoms. The molecule has 0 saturated heterocycles. The fourth-order valence-corrected chi connectivity index (χ4v) is 4.01. The van der Waals surface area contributed by atoms with Crippen LogP contribution in [-0.2, 0) is 13.1 Å². The Bertz CT molecular complexity index is 969. The van der Waals surface area contributed by atoms with Gasteiger partial charge in [0.05, 0.1) is 35.2 Å². The van der Waals surface area contributed by atoms with Gasteiger partial charge in [-0.25, -0.2) is 14.7 Å². The molecule has 0 aliphatic carbocycles. The summed E-state index contributed by atoms with van der Waals surface area (Å²) in [5.41, 5.74) is 5.43. The van der Waals surface area contributed by atoms with E-state index in [4.69, 9.17) is 4.99 Å². The SMILES string of the molecule is CCNC(=NCc1ccccc1-n1nc(C)cc1C)NCc1sc(C)nc1C. The van der Waals surface area contributed by atoms with Crippen molar-refractivity contribution in [3.63, 3.8) is 0 Å². The normalized spacial score (nSPS) is 11.7. The maximum atomic E-state index is 4.80. The molecule has 0 spiro atoms. The van der Waals surface area contributed by atoms with Gasteiger partial charge in [-0.1, -0.05) is 18.2 Å². The van der Waals surface area contributed by atoms with Crippen molar-refractivity contribution in [1.82, 2.24) is 25.4 Å². The lowest BCUT2D eigenvalue weighted by Gasteiger charge is -2.13. The van der Waals surface area contributed by atoms with Gasteiger partial charge >= 0.3 is 0 Å². The van der Waals surface area contributed by atoms with Crippen LogP contribution in [0, 0.1) is 27.7 Å². The summed E-state index contributed by atoms with van der Waals surface area (Å²) >= 11 is 1.72. The number of aliphatic imine (C=N–C) groups is 1. The second-order valence-electron chi connectivity index (χ2n) is 6.76. The molecule has 2 heterocycles. The number of hydrogen-bond acceptors (Lipinski definition) is 4. The predicted molar refractivity (Wildman–Crippen MR) is 116 cm³/mol. The molecule has 3 rings (SSSR count). The van der Waals surface area contributed by atoms with E-state index in [-0.39, 0.29) is 0 Å². The van der Waals surface area contributed by atoms with Crippen LogP contribution in [0.25, 0.3) is 5.69 Å². The lowest BCUT2D eigenvalue weighted by atomic mass is 10.2. The van der Waals surface area contributed by atoms with Crippen molar-refractivity contribution < 1.29 is 0 Å². The average molecular weight is 397 g/mol. The molecule has 6 nitrogen and oxygen atoms in total. The Kier molecular flexibility index (Phi) is 6.46. The molecule has 3 aromatic rings. The Morgan fingerprint density at radius 3 is 2.57 bits per heavy atom. The minimum absolute atomic E-state index is 0.574. The summed E-state index contributed by atoms with van der Waals surface area (Å²) in [7, 11) is 0. The maximum Gasteiger partial charge on any atom is 0.191 e. The molecule has 0 saturated carbocycles. The van der Waals surface area contributed by atoms with Crippen LogP contribution in [0.2, 0.25) is 0 Å². The minimum Gasteiger partial charge on any atom is -0.357 e. The summed E-state index contributed by atoms with van der Waals surface area (Å²) in [6, 6.07) is 10.4. The first-order chi connectivity index (χ1) is 13.5. The number of benzene rings is 1. The Morgan fingerprint density at radius 1 is 1.14 bits per heavy atom. The van der Waals surface area contributed by atoms with E-state index in [9.17, 15) is 0 Å². The van der Waals surface area contributed by atoms with Crippen molar-refractivity contribution in [3.8, 4) is 5.69 Å². The minimum atomic E-state index is 0.574. The second kappa shape index (κ2) is 9.01. The smallest absolute Gasteiger partial charge is 0.191 e. The summed E-state index contributed by atoms with van der Waals surface area (Å²) in [6.07, 6.45) is 0. The van der Waals surface area contributed by atoms with Gasteiger partial charge in [-0.3, -0.25) is 0 Å². The summed E-state index contributed by atoms with van der Waals surface area (Å²) in [4.78, 5) is 10.5. The van der Waals surface area contributed by atoms with Gasteiger partial charge in [0.2, 0.25) is 0 Å². The van der Waals surface area contributed by atoms with Crippen molar-refractivity contribution >= 4 is 17.3 Å². The molecule has 1 aromatic carbocycles. The molecule has 0 aliphatic rings. The van der Waals surface area contributed by atoms with Crippen LogP contribution in [0.4, 0.5) is 0 Å². The number of aryl methyl sites for hydroxylation is 4. The van der Waals surface area contributed by atoms with Gasteiger partial charge in [-0.05, 0) is 52.3 Å². The van der Waals surface area contributed by atoms with Gasteiger partial charge in [0.15, 0.2) is 5.96 Å². The van der Waals surface area contributed by atoms with Crippen molar-refractivity contribution in [2.24, 2.45) is 4.99 Å². The van der Waals surface area contributed by atoms with E-state index >= 15 is 0 Å². The van der Waals surface area contributed by atoms with E-state index in [2.05, 4.69) is 59.7 Å². The molecule has 0 radical (unpaired) electrons. The first-order valence-electron chi connectivity index (χ1n) is 9.54. The lowest BCUT2D eigenvalue weighted by molar-refractivity contribution is 0.802. The van der Waals surface area contributed by atoms with Gasteiger partial charge < -0.3 is 10.6 Å². The number of nitrogens with zero attached hydrogens (tertiary/aromatic N) is 4. The van der Waals surface area contributed by atoms with Crippen LogP contribution < -0.4 is 10.6 Å². The maximum absolute atomic E-state index is 4.80. The first-order valence-corrected chi connectivity index (χ1v) is 10.4. The summed E-state index contributed by atoms with van der Waals surface area (Å²) in [5, 5.41) is 12.5. The fraction of sp³-hybridized carbons (Fsp3) is 0.381. The Hall–Kier alpha value is -2.67. The van der Waals surface area contributed by atoms with Crippen LogP contribution in [-0.4, -0.2) is 27.3 Å². The van der Waals surface area contributed by atoms with Crippen LogP contribution in [0.15, 0.2) is 35.3 Å². The molecular weight excluding hydrogens is 368 g/mol. The number of thiazole rings is 1. The van der Waals surface area contributed by atoms with Crippen molar-refractivity contribution in [2.45, 2.75) is 47.7 Å². The van der Waals surface area contributed by atoms with E-state index in [0.717, 1.165) is 52.4 Å². The average Bonchev–Trinajstić information content (AvgIpc) is 3.17. The molecule has 148 valence electrons. The largest absolute Gasteiger partial charge is 0.357 e. The van der Waals surface area contributed by atoms with Gasteiger partial charge in [0.1, 0.15) is 0 Å². The zero-order chi connectivity index (χ0) is 20.1. The Morgan fingerprint density at radius 2 is 1.93 bits per heavy atom. The third-order valence-electron chi connectivity index (χ3n) is 4.40.